The SMILES string of the molecule is COc1cccc(C(=O)NCCCc2nc3ccccc3n2CCOc2cccc(C)c2)c1. The van der Waals surface area contributed by atoms with Gasteiger partial charge in [0.15, 0.2) is 0 Å². The Balaban J connectivity index is 1.36. The number of hydrogen-bond donors (Lipinski definition) is 1. The third-order valence-electron chi connectivity index (χ3n) is 5.50. The number of nitrogens with one attached hydrogen (secondary N) is 1. The Morgan fingerprint density at radius 2 is 1.82 bits per heavy atom. The standard InChI is InChI=1S/C27H29N3O3/c1-20-8-5-11-23(18-20)33-17-16-30-25-13-4-3-12-24(25)29-26(30)14-7-15-28-27(31)21-9-6-10-22(19-21)32-2/h3-6,8-13,18-19H,7,14-17H2,1-2H3,(H,28,31). The molecule has 6 heteroatoms. The average Bonchev–Trinajstić information content (AvgIpc) is 3.19. The van der Waals surface area contributed by atoms with Crippen molar-refractivity contribution in [1.82, 2.24) is 14.9 Å². The van der Waals surface area contributed by atoms with E-state index in [9.17, 15) is 4.79 Å². The van der Waals surface area contributed by atoms with Crippen molar-refractivity contribution >= 4 is 16.9 Å². The molecule has 0 saturated carbocycles. The number of nitrogens with zero attached hydrogens (tertiary/aromatic N) is 2. The van der Waals surface area contributed by atoms with E-state index in [0.717, 1.165) is 35.4 Å². The van der Waals surface area contributed by atoms with Gasteiger partial charge in [0.1, 0.15) is 23.9 Å². The molecule has 0 atom stereocenters. The fourth-order valence-corrected chi connectivity index (χ4v) is 3.84. The lowest BCUT2D eigenvalue weighted by atomic mass is 10.2. The van der Waals surface area contributed by atoms with Crippen molar-refractivity contribution in [1.29, 1.82) is 0 Å². The molecular formula is C27H29N3O3. The number of aromatic nitrogens is 2. The fraction of sp³-hybridized carbons (Fsp3) is 0.259. The molecule has 1 amide bonds. The highest BCUT2D eigenvalue weighted by Gasteiger charge is 2.11. The van der Waals surface area contributed by atoms with Gasteiger partial charge in [-0.25, -0.2) is 4.98 Å². The van der Waals surface area contributed by atoms with E-state index >= 15 is 0 Å². The van der Waals surface area contributed by atoms with Crippen molar-refractivity contribution in [3.63, 3.8) is 0 Å². The Bertz CT molecular complexity index is 1230. The zero-order valence-corrected chi connectivity index (χ0v) is 19.1. The number of carbonyl (C=O) groups is 1. The Labute approximate surface area is 194 Å². The lowest BCUT2D eigenvalue weighted by molar-refractivity contribution is 0.0953. The summed E-state index contributed by atoms with van der Waals surface area (Å²) in [6, 6.07) is 23.4. The number of aryl methyl sites for hydroxylation is 2. The van der Waals surface area contributed by atoms with E-state index in [0.29, 0.717) is 31.0 Å². The molecule has 0 radical (unpaired) electrons. The Morgan fingerprint density at radius 3 is 2.67 bits per heavy atom. The summed E-state index contributed by atoms with van der Waals surface area (Å²) in [5, 5.41) is 2.99. The molecule has 1 heterocycles. The van der Waals surface area contributed by atoms with E-state index in [4.69, 9.17) is 14.5 Å². The molecule has 4 aromatic rings. The van der Waals surface area contributed by atoms with E-state index < -0.39 is 0 Å². The molecule has 0 unspecified atom stereocenters. The second-order valence-corrected chi connectivity index (χ2v) is 7.92. The Morgan fingerprint density at radius 1 is 1.00 bits per heavy atom. The van der Waals surface area contributed by atoms with Crippen LogP contribution in [0.3, 0.4) is 0 Å². The first-order chi connectivity index (χ1) is 16.1. The van der Waals surface area contributed by atoms with Crippen LogP contribution in [0.5, 0.6) is 11.5 Å². The molecule has 6 nitrogen and oxygen atoms in total. The predicted octanol–water partition coefficient (Wildman–Crippen LogP) is 4.79. The fourth-order valence-electron chi connectivity index (χ4n) is 3.84. The van der Waals surface area contributed by atoms with Crippen LogP contribution in [0.25, 0.3) is 11.0 Å². The molecule has 4 rings (SSSR count). The van der Waals surface area contributed by atoms with Crippen LogP contribution in [0.4, 0.5) is 0 Å². The molecule has 0 spiro atoms. The van der Waals surface area contributed by atoms with Crippen molar-refractivity contribution in [2.75, 3.05) is 20.3 Å². The van der Waals surface area contributed by atoms with Crippen molar-refractivity contribution < 1.29 is 14.3 Å². The molecule has 0 aliphatic carbocycles. The average molecular weight is 444 g/mol. The number of fused-ring (bicyclic) bond motifs is 1. The second-order valence-electron chi connectivity index (χ2n) is 7.92. The summed E-state index contributed by atoms with van der Waals surface area (Å²) in [5.74, 6) is 2.44. The second kappa shape index (κ2) is 10.7. The first kappa shape index (κ1) is 22.4. The van der Waals surface area contributed by atoms with Gasteiger partial charge in [0, 0.05) is 18.5 Å². The number of benzene rings is 3. The van der Waals surface area contributed by atoms with E-state index in [2.05, 4.69) is 28.9 Å². The van der Waals surface area contributed by atoms with Crippen LogP contribution in [0.2, 0.25) is 0 Å². The maximum atomic E-state index is 12.4. The van der Waals surface area contributed by atoms with Crippen LogP contribution in [-0.4, -0.2) is 35.7 Å². The van der Waals surface area contributed by atoms with E-state index in [1.54, 1.807) is 19.2 Å². The molecule has 3 aromatic carbocycles. The first-order valence-corrected chi connectivity index (χ1v) is 11.2. The summed E-state index contributed by atoms with van der Waals surface area (Å²) < 4.78 is 13.4. The lowest BCUT2D eigenvalue weighted by Gasteiger charge is -2.12. The number of imidazole rings is 1. The van der Waals surface area contributed by atoms with Gasteiger partial charge in [0.25, 0.3) is 5.91 Å². The molecule has 0 fully saturated rings. The number of amides is 1. The summed E-state index contributed by atoms with van der Waals surface area (Å²) in [7, 11) is 1.59. The molecular weight excluding hydrogens is 414 g/mol. The third-order valence-corrected chi connectivity index (χ3v) is 5.50. The Kier molecular flexibility index (Phi) is 7.25. The summed E-state index contributed by atoms with van der Waals surface area (Å²) in [5.41, 5.74) is 3.84. The molecule has 0 saturated heterocycles. The van der Waals surface area contributed by atoms with Crippen LogP contribution in [-0.2, 0) is 13.0 Å². The first-order valence-electron chi connectivity index (χ1n) is 11.2. The number of carbonyl (C=O) groups excluding carboxylic acids is 1. The smallest absolute Gasteiger partial charge is 0.251 e. The van der Waals surface area contributed by atoms with Crippen LogP contribution in [0.1, 0.15) is 28.2 Å². The molecule has 0 aliphatic rings. The van der Waals surface area contributed by atoms with Gasteiger partial charge in [-0.3, -0.25) is 4.79 Å². The van der Waals surface area contributed by atoms with Gasteiger partial charge in [-0.15, -0.1) is 0 Å². The maximum absolute atomic E-state index is 12.4. The minimum absolute atomic E-state index is 0.103. The molecule has 170 valence electrons. The summed E-state index contributed by atoms with van der Waals surface area (Å²) in [6.07, 6.45) is 1.55. The van der Waals surface area contributed by atoms with E-state index in [1.165, 1.54) is 5.56 Å². The number of rotatable bonds is 10. The quantitative estimate of drug-likeness (QED) is 0.358. The highest BCUT2D eigenvalue weighted by atomic mass is 16.5. The number of hydrogen-bond acceptors (Lipinski definition) is 4. The number of methoxy groups -OCH3 is 1. The third kappa shape index (κ3) is 5.71. The summed E-state index contributed by atoms with van der Waals surface area (Å²) in [6.45, 7) is 3.89. The van der Waals surface area contributed by atoms with Gasteiger partial charge in [-0.05, 0) is 61.4 Å². The molecule has 1 N–H and O–H groups in total. The highest BCUT2D eigenvalue weighted by molar-refractivity contribution is 5.94. The zero-order valence-electron chi connectivity index (χ0n) is 19.1. The van der Waals surface area contributed by atoms with E-state index in [-0.39, 0.29) is 5.91 Å². The van der Waals surface area contributed by atoms with Gasteiger partial charge < -0.3 is 19.4 Å². The van der Waals surface area contributed by atoms with Crippen molar-refractivity contribution in [3.8, 4) is 11.5 Å². The van der Waals surface area contributed by atoms with Gasteiger partial charge in [0.2, 0.25) is 0 Å². The Hall–Kier alpha value is -3.80. The van der Waals surface area contributed by atoms with Gasteiger partial charge in [0.05, 0.1) is 24.7 Å². The van der Waals surface area contributed by atoms with Gasteiger partial charge in [-0.1, -0.05) is 30.3 Å². The van der Waals surface area contributed by atoms with Gasteiger partial charge >= 0.3 is 0 Å². The van der Waals surface area contributed by atoms with Crippen molar-refractivity contribution in [2.45, 2.75) is 26.3 Å². The van der Waals surface area contributed by atoms with Gasteiger partial charge in [-0.2, -0.15) is 0 Å². The predicted molar refractivity (Wildman–Crippen MR) is 130 cm³/mol. The number of para-hydroxylation sites is 2. The van der Waals surface area contributed by atoms with Crippen LogP contribution < -0.4 is 14.8 Å². The normalized spacial score (nSPS) is 10.8. The minimum Gasteiger partial charge on any atom is -0.497 e. The van der Waals surface area contributed by atoms with Crippen LogP contribution in [0, 0.1) is 6.92 Å². The summed E-state index contributed by atoms with van der Waals surface area (Å²) >= 11 is 0. The summed E-state index contributed by atoms with van der Waals surface area (Å²) in [4.78, 5) is 17.3. The molecule has 0 aliphatic heterocycles. The molecule has 33 heavy (non-hydrogen) atoms. The maximum Gasteiger partial charge on any atom is 0.251 e. The minimum atomic E-state index is -0.103. The number of ether oxygens (including phenoxy) is 2. The molecule has 0 bridgehead atoms. The largest absolute Gasteiger partial charge is 0.497 e. The van der Waals surface area contributed by atoms with Crippen molar-refractivity contribution in [3.05, 3.63) is 89.7 Å². The molecule has 1 aromatic heterocycles. The van der Waals surface area contributed by atoms with Crippen LogP contribution in [0.15, 0.2) is 72.8 Å². The highest BCUT2D eigenvalue weighted by Crippen LogP contribution is 2.18. The van der Waals surface area contributed by atoms with Crippen molar-refractivity contribution in [2.24, 2.45) is 0 Å². The van der Waals surface area contributed by atoms with E-state index in [1.807, 2.05) is 48.5 Å². The van der Waals surface area contributed by atoms with Crippen LogP contribution >= 0.6 is 0 Å². The zero-order chi connectivity index (χ0) is 23.0. The monoisotopic (exact) mass is 443 g/mol. The lowest BCUT2D eigenvalue weighted by Crippen LogP contribution is -2.25. The topological polar surface area (TPSA) is 65.4 Å².